The molecule has 0 aliphatic heterocycles. The van der Waals surface area contributed by atoms with Crippen LogP contribution in [0.25, 0.3) is 0 Å². The predicted molar refractivity (Wildman–Crippen MR) is 94.0 cm³/mol. The van der Waals surface area contributed by atoms with Crippen molar-refractivity contribution >= 4 is 37.5 Å². The van der Waals surface area contributed by atoms with E-state index in [-0.39, 0.29) is 4.90 Å². The fraction of sp³-hybridized carbons (Fsp3) is 0. The molecule has 0 atom stereocenters. The fourth-order valence-electron chi connectivity index (χ4n) is 2.33. The Morgan fingerprint density at radius 1 is 0.609 bits per heavy atom. The van der Waals surface area contributed by atoms with Crippen molar-refractivity contribution in [2.24, 2.45) is 0 Å². The minimum absolute atomic E-state index is 0.202. The van der Waals surface area contributed by atoms with E-state index in [1.807, 2.05) is 60.7 Å². The summed E-state index contributed by atoms with van der Waals surface area (Å²) < 4.78 is 33.0. The van der Waals surface area contributed by atoms with Crippen LogP contribution in [0.3, 0.4) is 0 Å². The molecule has 0 amide bonds. The molecule has 3 aromatic carbocycles. The van der Waals surface area contributed by atoms with Crippen LogP contribution in [-0.4, -0.2) is 28.6 Å². The summed E-state index contributed by atoms with van der Waals surface area (Å²) in [6, 6.07) is 27.6. The Morgan fingerprint density at radius 2 is 1.00 bits per heavy atom. The van der Waals surface area contributed by atoms with Crippen LogP contribution in [0.1, 0.15) is 0 Å². The van der Waals surface area contributed by atoms with Crippen molar-refractivity contribution in [3.63, 3.8) is 0 Å². The standard InChI is InChI=1S/C6H6O3S.2C6H5.Sn.H/c7-10(8,9)6-4-2-1-3-5-6;2*1-2-4-6-5-3-1;;/h1-5H,(H,7,8,9);2*1-5H;;/q;;;+1;/p-1. The molecule has 3 rings (SSSR count). The first-order chi connectivity index (χ1) is 11.2. The van der Waals surface area contributed by atoms with Crippen LogP contribution in [0.4, 0.5) is 0 Å². The van der Waals surface area contributed by atoms with Gasteiger partial charge >= 0.3 is 144 Å². The Hall–Kier alpha value is -1.63. The molecular formula is C18H16O3SSn. The molecule has 0 N–H and O–H groups in total. The molecule has 3 nitrogen and oxygen atoms in total. The molecule has 0 fully saturated rings. The van der Waals surface area contributed by atoms with Crippen LogP contribution in [0.15, 0.2) is 95.9 Å². The van der Waals surface area contributed by atoms with E-state index in [4.69, 9.17) is 2.52 Å². The zero-order valence-electron chi connectivity index (χ0n) is 12.4. The summed E-state index contributed by atoms with van der Waals surface area (Å²) in [4.78, 5) is 0.202. The zero-order valence-corrected chi connectivity index (χ0v) is 16.5. The van der Waals surface area contributed by atoms with E-state index in [1.165, 1.54) is 0 Å². The van der Waals surface area contributed by atoms with Crippen LogP contribution in [0.2, 0.25) is 0 Å². The van der Waals surface area contributed by atoms with Gasteiger partial charge in [0.1, 0.15) is 0 Å². The Bertz CT molecular complexity index is 811. The van der Waals surface area contributed by atoms with Gasteiger partial charge in [-0.05, 0) is 0 Å². The van der Waals surface area contributed by atoms with Gasteiger partial charge in [0.15, 0.2) is 0 Å². The SMILES string of the molecule is O=S(=O)([O][SnH]([c]1ccccc1)[c]1ccccc1)c1ccccc1. The van der Waals surface area contributed by atoms with Gasteiger partial charge in [0, 0.05) is 0 Å². The molecule has 0 saturated carbocycles. The van der Waals surface area contributed by atoms with Crippen LogP contribution in [0, 0.1) is 0 Å². The van der Waals surface area contributed by atoms with Gasteiger partial charge in [-0.15, -0.1) is 0 Å². The Labute approximate surface area is 144 Å². The van der Waals surface area contributed by atoms with Gasteiger partial charge in [-0.25, -0.2) is 0 Å². The molecule has 23 heavy (non-hydrogen) atoms. The average Bonchev–Trinajstić information content (AvgIpc) is 2.62. The third kappa shape index (κ3) is 4.02. The quantitative estimate of drug-likeness (QED) is 0.581. The number of hydrogen-bond acceptors (Lipinski definition) is 3. The zero-order chi connectivity index (χ0) is 16.1. The van der Waals surface area contributed by atoms with Gasteiger partial charge in [-0.3, -0.25) is 0 Å². The van der Waals surface area contributed by atoms with E-state index >= 15 is 0 Å². The molecule has 0 radical (unpaired) electrons. The van der Waals surface area contributed by atoms with E-state index in [2.05, 4.69) is 0 Å². The average molecular weight is 431 g/mol. The maximum absolute atomic E-state index is 12.6. The Kier molecular flexibility index (Phi) is 5.15. The van der Waals surface area contributed by atoms with E-state index in [9.17, 15) is 8.42 Å². The van der Waals surface area contributed by atoms with Gasteiger partial charge < -0.3 is 0 Å². The number of rotatable bonds is 5. The van der Waals surface area contributed by atoms with Crippen LogP contribution in [-0.2, 0) is 12.6 Å². The summed E-state index contributed by atoms with van der Waals surface area (Å²) >= 11 is -3.18. The van der Waals surface area contributed by atoms with Crippen molar-refractivity contribution in [2.75, 3.05) is 0 Å². The molecule has 5 heteroatoms. The van der Waals surface area contributed by atoms with Crippen molar-refractivity contribution in [2.45, 2.75) is 4.90 Å². The van der Waals surface area contributed by atoms with Crippen LogP contribution in [0.5, 0.6) is 0 Å². The monoisotopic (exact) mass is 432 g/mol. The summed E-state index contributed by atoms with van der Waals surface area (Å²) in [7, 11) is -3.76. The molecule has 0 aliphatic carbocycles. The van der Waals surface area contributed by atoms with Gasteiger partial charge in [0.25, 0.3) is 0 Å². The third-order valence-corrected chi connectivity index (χ3v) is 14.2. The van der Waals surface area contributed by atoms with Gasteiger partial charge in [0.2, 0.25) is 0 Å². The normalized spacial score (nSPS) is 11.5. The molecule has 0 heterocycles. The van der Waals surface area contributed by atoms with Crippen LogP contribution < -0.4 is 7.16 Å². The van der Waals surface area contributed by atoms with E-state index in [0.717, 1.165) is 7.16 Å². The second kappa shape index (κ2) is 7.29. The van der Waals surface area contributed by atoms with Gasteiger partial charge in [0.05, 0.1) is 0 Å². The Balaban J connectivity index is 2.00. The molecule has 0 bridgehead atoms. The molecule has 116 valence electrons. The first-order valence-corrected chi connectivity index (χ1v) is 13.3. The van der Waals surface area contributed by atoms with E-state index in [0.29, 0.717) is 0 Å². The molecular weight excluding hydrogens is 415 g/mol. The van der Waals surface area contributed by atoms with Gasteiger partial charge in [-0.2, -0.15) is 0 Å². The van der Waals surface area contributed by atoms with E-state index in [1.54, 1.807) is 30.3 Å². The molecule has 0 spiro atoms. The van der Waals surface area contributed by atoms with Crippen LogP contribution >= 0.6 is 0 Å². The predicted octanol–water partition coefficient (Wildman–Crippen LogP) is 1.93. The summed E-state index contributed by atoms with van der Waals surface area (Å²) in [5, 5.41) is 0. The molecule has 0 aliphatic rings. The van der Waals surface area contributed by atoms with Crippen molar-refractivity contribution in [1.82, 2.24) is 0 Å². The minimum atomic E-state index is -3.76. The summed E-state index contributed by atoms with van der Waals surface area (Å²) in [5.74, 6) is 0. The van der Waals surface area contributed by atoms with Crippen molar-refractivity contribution in [3.05, 3.63) is 91.0 Å². The van der Waals surface area contributed by atoms with Crippen molar-refractivity contribution < 1.29 is 10.9 Å². The third-order valence-electron chi connectivity index (χ3n) is 3.46. The number of benzene rings is 3. The molecule has 0 saturated heterocycles. The summed E-state index contributed by atoms with van der Waals surface area (Å²) in [6.07, 6.45) is 0. The van der Waals surface area contributed by atoms with Gasteiger partial charge in [-0.1, -0.05) is 0 Å². The topological polar surface area (TPSA) is 43.4 Å². The second-order valence-corrected chi connectivity index (χ2v) is 14.3. The van der Waals surface area contributed by atoms with E-state index < -0.39 is 30.3 Å². The fourth-order valence-corrected chi connectivity index (χ4v) is 12.8. The van der Waals surface area contributed by atoms with Crippen molar-refractivity contribution in [1.29, 1.82) is 0 Å². The number of hydrogen-bond donors (Lipinski definition) is 0. The molecule has 3 aromatic rings. The molecule has 0 aromatic heterocycles. The van der Waals surface area contributed by atoms with Crippen molar-refractivity contribution in [3.8, 4) is 0 Å². The first-order valence-electron chi connectivity index (χ1n) is 7.25. The maximum atomic E-state index is 12.6. The molecule has 0 unspecified atom stereocenters. The Morgan fingerprint density at radius 3 is 1.43 bits per heavy atom. The first kappa shape index (κ1) is 16.2. The summed E-state index contributed by atoms with van der Waals surface area (Å²) in [5.41, 5.74) is 0. The second-order valence-electron chi connectivity index (χ2n) is 5.06. The summed E-state index contributed by atoms with van der Waals surface area (Å²) in [6.45, 7) is 0.